The number of ether oxygens (including phenoxy) is 1. The van der Waals surface area contributed by atoms with Crippen molar-refractivity contribution in [3.05, 3.63) is 83.9 Å². The monoisotopic (exact) mass is 352 g/mol. The summed E-state index contributed by atoms with van der Waals surface area (Å²) in [5.41, 5.74) is 2.39. The van der Waals surface area contributed by atoms with Crippen molar-refractivity contribution in [1.29, 1.82) is 0 Å². The van der Waals surface area contributed by atoms with Crippen LogP contribution in [0.3, 0.4) is 0 Å². The molecule has 0 spiro atoms. The van der Waals surface area contributed by atoms with Gasteiger partial charge < -0.3 is 14.6 Å². The molecule has 26 heavy (non-hydrogen) atoms. The van der Waals surface area contributed by atoms with Crippen LogP contribution in [0, 0.1) is 12.7 Å². The Kier molecular flexibility index (Phi) is 5.37. The van der Waals surface area contributed by atoms with Gasteiger partial charge in [0.2, 0.25) is 5.91 Å². The smallest absolute Gasteiger partial charge is 0.226 e. The molecule has 0 saturated heterocycles. The van der Waals surface area contributed by atoms with Crippen LogP contribution in [0.5, 0.6) is 5.75 Å². The van der Waals surface area contributed by atoms with Gasteiger partial charge in [-0.25, -0.2) is 4.39 Å². The molecular formula is C21H21FN2O2. The van der Waals surface area contributed by atoms with Crippen LogP contribution < -0.4 is 10.1 Å². The predicted octanol–water partition coefficient (Wildman–Crippen LogP) is 4.56. The fourth-order valence-corrected chi connectivity index (χ4v) is 2.96. The van der Waals surface area contributed by atoms with Crippen molar-refractivity contribution in [2.24, 2.45) is 0 Å². The Morgan fingerprint density at radius 3 is 2.62 bits per heavy atom. The fourth-order valence-electron chi connectivity index (χ4n) is 2.96. The van der Waals surface area contributed by atoms with Crippen LogP contribution in [0.25, 0.3) is 0 Å². The third kappa shape index (κ3) is 4.11. The second-order valence-corrected chi connectivity index (χ2v) is 6.16. The van der Waals surface area contributed by atoms with E-state index in [0.717, 1.165) is 11.1 Å². The van der Waals surface area contributed by atoms with Crippen molar-refractivity contribution < 1.29 is 13.9 Å². The summed E-state index contributed by atoms with van der Waals surface area (Å²) >= 11 is 0. The lowest BCUT2D eigenvalue weighted by Crippen LogP contribution is -2.20. The summed E-state index contributed by atoms with van der Waals surface area (Å²) in [7, 11) is 1.57. The topological polar surface area (TPSA) is 43.3 Å². The zero-order valence-corrected chi connectivity index (χ0v) is 14.8. The average Bonchev–Trinajstić information content (AvgIpc) is 3.14. The largest absolute Gasteiger partial charge is 0.495 e. The second kappa shape index (κ2) is 7.87. The lowest BCUT2D eigenvalue weighted by Gasteiger charge is -2.20. The van der Waals surface area contributed by atoms with Crippen LogP contribution in [-0.4, -0.2) is 17.6 Å². The van der Waals surface area contributed by atoms with Gasteiger partial charge in [-0.05, 0) is 54.4 Å². The van der Waals surface area contributed by atoms with Gasteiger partial charge in [-0.15, -0.1) is 0 Å². The lowest BCUT2D eigenvalue weighted by atomic mass is 10.0. The molecule has 1 atom stereocenters. The van der Waals surface area contributed by atoms with Crippen molar-refractivity contribution >= 4 is 11.6 Å². The summed E-state index contributed by atoms with van der Waals surface area (Å²) in [5.74, 6) is 0.115. The molecule has 134 valence electrons. The minimum absolute atomic E-state index is 0.170. The molecule has 0 unspecified atom stereocenters. The second-order valence-electron chi connectivity index (χ2n) is 6.16. The SMILES string of the molecule is COc1ccc(C)cc1NC(=O)C[C@H](c1cccc(F)c1)n1cccc1. The number of aromatic nitrogens is 1. The maximum absolute atomic E-state index is 13.7. The highest BCUT2D eigenvalue weighted by Crippen LogP contribution is 2.27. The number of anilines is 1. The maximum atomic E-state index is 13.7. The fraction of sp³-hybridized carbons (Fsp3) is 0.190. The van der Waals surface area contributed by atoms with Gasteiger partial charge in [-0.3, -0.25) is 4.79 Å². The molecule has 0 aliphatic carbocycles. The Labute approximate surface area is 152 Å². The van der Waals surface area contributed by atoms with Crippen LogP contribution in [0.2, 0.25) is 0 Å². The first kappa shape index (κ1) is 17.7. The molecule has 5 heteroatoms. The molecule has 0 fully saturated rings. The maximum Gasteiger partial charge on any atom is 0.226 e. The normalized spacial score (nSPS) is 11.8. The number of aryl methyl sites for hydroxylation is 1. The molecular weight excluding hydrogens is 331 g/mol. The molecule has 3 rings (SSSR count). The summed E-state index contributed by atoms with van der Waals surface area (Å²) in [5, 5.41) is 2.91. The number of hydrogen-bond acceptors (Lipinski definition) is 2. The van der Waals surface area contributed by atoms with Gasteiger partial charge in [0.25, 0.3) is 0 Å². The molecule has 1 amide bonds. The first-order valence-electron chi connectivity index (χ1n) is 8.39. The van der Waals surface area contributed by atoms with Gasteiger partial charge in [0, 0.05) is 12.4 Å². The van der Waals surface area contributed by atoms with Crippen LogP contribution in [-0.2, 0) is 4.79 Å². The van der Waals surface area contributed by atoms with E-state index in [4.69, 9.17) is 4.74 Å². The van der Waals surface area contributed by atoms with Crippen LogP contribution in [0.4, 0.5) is 10.1 Å². The molecule has 0 aliphatic heterocycles. The molecule has 3 aromatic rings. The molecule has 1 N–H and O–H groups in total. The van der Waals surface area contributed by atoms with Crippen molar-refractivity contribution in [2.45, 2.75) is 19.4 Å². The van der Waals surface area contributed by atoms with Crippen molar-refractivity contribution in [2.75, 3.05) is 12.4 Å². The molecule has 0 bridgehead atoms. The zero-order chi connectivity index (χ0) is 18.5. The highest BCUT2D eigenvalue weighted by atomic mass is 19.1. The van der Waals surface area contributed by atoms with E-state index in [2.05, 4.69) is 5.32 Å². The van der Waals surface area contributed by atoms with Crippen LogP contribution >= 0.6 is 0 Å². The zero-order valence-electron chi connectivity index (χ0n) is 14.8. The van der Waals surface area contributed by atoms with Gasteiger partial charge >= 0.3 is 0 Å². The standard InChI is InChI=1S/C21H21FN2O2/c1-15-8-9-20(26-2)18(12-15)23-21(25)14-19(24-10-3-4-11-24)16-6-5-7-17(22)13-16/h3-13,19H,14H2,1-2H3,(H,23,25)/t19-/m1/s1. The number of hydrogen-bond donors (Lipinski definition) is 1. The molecule has 0 aliphatic rings. The third-order valence-corrected chi connectivity index (χ3v) is 4.23. The minimum Gasteiger partial charge on any atom is -0.495 e. The number of nitrogens with one attached hydrogen (secondary N) is 1. The Balaban J connectivity index is 1.83. The number of rotatable bonds is 6. The average molecular weight is 352 g/mol. The number of carbonyl (C=O) groups is 1. The first-order valence-corrected chi connectivity index (χ1v) is 8.39. The van der Waals surface area contributed by atoms with E-state index in [1.54, 1.807) is 13.2 Å². The quantitative estimate of drug-likeness (QED) is 0.707. The number of benzene rings is 2. The number of carbonyl (C=O) groups excluding carboxylic acids is 1. The van der Waals surface area contributed by atoms with E-state index >= 15 is 0 Å². The molecule has 4 nitrogen and oxygen atoms in total. The van der Waals surface area contributed by atoms with Gasteiger partial charge in [0.15, 0.2) is 0 Å². The summed E-state index contributed by atoms with van der Waals surface area (Å²) in [4.78, 5) is 12.7. The van der Waals surface area contributed by atoms with E-state index in [1.807, 2.05) is 60.3 Å². The van der Waals surface area contributed by atoms with Crippen molar-refractivity contribution in [3.63, 3.8) is 0 Å². The predicted molar refractivity (Wildman–Crippen MR) is 99.9 cm³/mol. The Bertz CT molecular complexity index is 891. The van der Waals surface area contributed by atoms with Gasteiger partial charge in [-0.1, -0.05) is 18.2 Å². The molecule has 1 aromatic heterocycles. The molecule has 0 saturated carbocycles. The van der Waals surface area contributed by atoms with Gasteiger partial charge in [-0.2, -0.15) is 0 Å². The highest BCUT2D eigenvalue weighted by molar-refractivity contribution is 5.92. The van der Waals surface area contributed by atoms with Crippen LogP contribution in [0.15, 0.2) is 67.0 Å². The van der Waals surface area contributed by atoms with E-state index in [-0.39, 0.29) is 24.2 Å². The number of nitrogens with zero attached hydrogens (tertiary/aromatic N) is 1. The van der Waals surface area contributed by atoms with Crippen molar-refractivity contribution in [1.82, 2.24) is 4.57 Å². The van der Waals surface area contributed by atoms with Crippen molar-refractivity contribution in [3.8, 4) is 5.75 Å². The van der Waals surface area contributed by atoms with Gasteiger partial charge in [0.1, 0.15) is 11.6 Å². The molecule has 0 radical (unpaired) electrons. The minimum atomic E-state index is -0.319. The first-order chi connectivity index (χ1) is 12.6. The Morgan fingerprint density at radius 1 is 1.15 bits per heavy atom. The summed E-state index contributed by atoms with van der Waals surface area (Å²) in [6.45, 7) is 1.95. The number of halogens is 1. The molecule has 1 heterocycles. The highest BCUT2D eigenvalue weighted by Gasteiger charge is 2.19. The summed E-state index contributed by atoms with van der Waals surface area (Å²) in [6.07, 6.45) is 3.92. The number of methoxy groups -OCH3 is 1. The van der Waals surface area contributed by atoms with E-state index in [0.29, 0.717) is 11.4 Å². The third-order valence-electron chi connectivity index (χ3n) is 4.23. The summed E-state index contributed by atoms with van der Waals surface area (Å²) in [6, 6.07) is 15.4. The summed E-state index contributed by atoms with van der Waals surface area (Å²) < 4.78 is 20.9. The Morgan fingerprint density at radius 2 is 1.92 bits per heavy atom. The number of amides is 1. The van der Waals surface area contributed by atoms with E-state index < -0.39 is 0 Å². The van der Waals surface area contributed by atoms with Crippen LogP contribution in [0.1, 0.15) is 23.6 Å². The Hall–Kier alpha value is -3.08. The lowest BCUT2D eigenvalue weighted by molar-refractivity contribution is -0.116. The van der Waals surface area contributed by atoms with Gasteiger partial charge in [0.05, 0.1) is 25.3 Å². The van der Waals surface area contributed by atoms with E-state index in [9.17, 15) is 9.18 Å². The van der Waals surface area contributed by atoms with E-state index in [1.165, 1.54) is 12.1 Å². The molecule has 2 aromatic carbocycles.